The van der Waals surface area contributed by atoms with Crippen molar-refractivity contribution >= 4 is 11.8 Å². The summed E-state index contributed by atoms with van der Waals surface area (Å²) in [4.78, 5) is 32.1. The summed E-state index contributed by atoms with van der Waals surface area (Å²) in [6, 6.07) is 2.54. The van der Waals surface area contributed by atoms with Gasteiger partial charge in [-0.3, -0.25) is 9.59 Å². The maximum absolute atomic E-state index is 13.2. The Labute approximate surface area is 159 Å². The van der Waals surface area contributed by atoms with Gasteiger partial charge in [0.2, 0.25) is 5.91 Å². The van der Waals surface area contributed by atoms with Gasteiger partial charge >= 0.3 is 0 Å². The molecule has 0 atom stereocenters. The summed E-state index contributed by atoms with van der Waals surface area (Å²) in [7, 11) is 0. The standard InChI is InChI=1S/C20H27N5O2/c21-13-20(8-3-4-9-20)19(27)24-10-5-11-25-14-22-17(16(25)12-24)18(26)23-15-6-1-2-7-15/h14-15H,1-12H2,(H,23,26). The quantitative estimate of drug-likeness (QED) is 0.885. The number of nitriles is 1. The van der Waals surface area contributed by atoms with Crippen LogP contribution in [0.2, 0.25) is 0 Å². The lowest BCUT2D eigenvalue weighted by Crippen LogP contribution is -2.42. The van der Waals surface area contributed by atoms with Gasteiger partial charge in [-0.05, 0) is 32.1 Å². The van der Waals surface area contributed by atoms with Crippen LogP contribution in [0.3, 0.4) is 0 Å². The van der Waals surface area contributed by atoms with Crippen LogP contribution in [-0.2, 0) is 17.9 Å². The van der Waals surface area contributed by atoms with Gasteiger partial charge in [-0.15, -0.1) is 0 Å². The highest BCUT2D eigenvalue weighted by molar-refractivity contribution is 5.94. The minimum atomic E-state index is -0.874. The molecule has 2 aliphatic carbocycles. The Morgan fingerprint density at radius 3 is 2.59 bits per heavy atom. The Morgan fingerprint density at radius 1 is 1.15 bits per heavy atom. The number of nitrogens with zero attached hydrogens (tertiary/aromatic N) is 4. The highest BCUT2D eigenvalue weighted by Gasteiger charge is 2.44. The first kappa shape index (κ1) is 18.0. The van der Waals surface area contributed by atoms with E-state index in [1.807, 2.05) is 4.57 Å². The van der Waals surface area contributed by atoms with E-state index in [1.54, 1.807) is 11.2 Å². The summed E-state index contributed by atoms with van der Waals surface area (Å²) < 4.78 is 1.99. The van der Waals surface area contributed by atoms with E-state index in [-0.39, 0.29) is 17.9 Å². The van der Waals surface area contributed by atoms with Crippen LogP contribution in [0.4, 0.5) is 0 Å². The molecule has 0 radical (unpaired) electrons. The largest absolute Gasteiger partial charge is 0.348 e. The Hall–Kier alpha value is -2.36. The predicted octanol–water partition coefficient (Wildman–Crippen LogP) is 2.37. The molecule has 1 aromatic heterocycles. The van der Waals surface area contributed by atoms with Gasteiger partial charge in [-0.2, -0.15) is 5.26 Å². The molecule has 1 aromatic rings. The topological polar surface area (TPSA) is 91.0 Å². The zero-order chi connectivity index (χ0) is 18.9. The van der Waals surface area contributed by atoms with E-state index in [0.29, 0.717) is 31.6 Å². The molecule has 0 unspecified atom stereocenters. The fourth-order valence-electron chi connectivity index (χ4n) is 4.80. The van der Waals surface area contributed by atoms with E-state index in [1.165, 1.54) is 0 Å². The van der Waals surface area contributed by atoms with Crippen LogP contribution in [0.1, 0.15) is 74.0 Å². The molecule has 3 aliphatic rings. The van der Waals surface area contributed by atoms with Crippen molar-refractivity contribution in [3.63, 3.8) is 0 Å². The Kier molecular flexibility index (Phi) is 4.90. The van der Waals surface area contributed by atoms with E-state index in [2.05, 4.69) is 16.4 Å². The lowest BCUT2D eigenvalue weighted by molar-refractivity contribution is -0.139. The number of hydrogen-bond donors (Lipinski definition) is 1. The van der Waals surface area contributed by atoms with Gasteiger partial charge in [0, 0.05) is 19.1 Å². The van der Waals surface area contributed by atoms with Crippen LogP contribution in [-0.4, -0.2) is 38.9 Å². The van der Waals surface area contributed by atoms with Crippen LogP contribution in [0.5, 0.6) is 0 Å². The van der Waals surface area contributed by atoms with E-state index in [9.17, 15) is 14.9 Å². The number of imidazole rings is 1. The number of aromatic nitrogens is 2. The molecule has 0 spiro atoms. The molecule has 7 heteroatoms. The molecule has 27 heavy (non-hydrogen) atoms. The summed E-state index contributed by atoms with van der Waals surface area (Å²) in [6.45, 7) is 1.71. The van der Waals surface area contributed by atoms with Crippen molar-refractivity contribution in [3.05, 3.63) is 17.7 Å². The molecular formula is C20H27N5O2. The van der Waals surface area contributed by atoms with Gasteiger partial charge in [-0.25, -0.2) is 4.98 Å². The molecule has 4 rings (SSSR count). The summed E-state index contributed by atoms with van der Waals surface area (Å²) >= 11 is 0. The normalized spacial score (nSPS) is 22.1. The Balaban J connectivity index is 1.54. The van der Waals surface area contributed by atoms with Gasteiger partial charge in [-0.1, -0.05) is 25.7 Å². The molecule has 1 aliphatic heterocycles. The maximum atomic E-state index is 13.2. The molecule has 2 amide bonds. The minimum Gasteiger partial charge on any atom is -0.348 e. The molecular weight excluding hydrogens is 342 g/mol. The van der Waals surface area contributed by atoms with Crippen molar-refractivity contribution in [2.24, 2.45) is 5.41 Å². The zero-order valence-corrected chi connectivity index (χ0v) is 15.7. The fraction of sp³-hybridized carbons (Fsp3) is 0.700. The average Bonchev–Trinajstić information content (AvgIpc) is 3.40. The van der Waals surface area contributed by atoms with E-state index in [4.69, 9.17) is 0 Å². The van der Waals surface area contributed by atoms with Crippen LogP contribution < -0.4 is 5.32 Å². The fourth-order valence-corrected chi connectivity index (χ4v) is 4.80. The average molecular weight is 369 g/mol. The third-order valence-electron chi connectivity index (χ3n) is 6.39. The first-order valence-electron chi connectivity index (χ1n) is 10.2. The Bertz CT molecular complexity index is 766. The first-order valence-corrected chi connectivity index (χ1v) is 10.2. The van der Waals surface area contributed by atoms with E-state index >= 15 is 0 Å². The van der Waals surface area contributed by atoms with Gasteiger partial charge in [0.25, 0.3) is 5.91 Å². The second-order valence-electron chi connectivity index (χ2n) is 8.17. The van der Waals surface area contributed by atoms with Crippen molar-refractivity contribution in [2.75, 3.05) is 6.54 Å². The summed E-state index contributed by atoms with van der Waals surface area (Å²) in [5, 5.41) is 12.8. The summed E-state index contributed by atoms with van der Waals surface area (Å²) in [5.41, 5.74) is 0.350. The lowest BCUT2D eigenvalue weighted by Gasteiger charge is -2.28. The van der Waals surface area contributed by atoms with Gasteiger partial charge in [0.05, 0.1) is 24.6 Å². The predicted molar refractivity (Wildman–Crippen MR) is 98.5 cm³/mol. The monoisotopic (exact) mass is 369 g/mol. The van der Waals surface area contributed by atoms with E-state index < -0.39 is 5.41 Å². The summed E-state index contributed by atoms with van der Waals surface area (Å²) in [6.07, 6.45) is 10.0. The highest BCUT2D eigenvalue weighted by Crippen LogP contribution is 2.39. The van der Waals surface area contributed by atoms with Crippen molar-refractivity contribution in [3.8, 4) is 6.07 Å². The molecule has 2 heterocycles. The van der Waals surface area contributed by atoms with Crippen LogP contribution in [0.15, 0.2) is 6.33 Å². The first-order chi connectivity index (χ1) is 13.1. The van der Waals surface area contributed by atoms with Crippen LogP contribution >= 0.6 is 0 Å². The third kappa shape index (κ3) is 3.33. The number of nitrogens with one attached hydrogen (secondary N) is 1. The lowest BCUT2D eigenvalue weighted by atomic mass is 9.86. The van der Waals surface area contributed by atoms with Crippen molar-refractivity contribution in [1.29, 1.82) is 5.26 Å². The number of fused-ring (bicyclic) bond motifs is 1. The molecule has 0 bridgehead atoms. The zero-order valence-electron chi connectivity index (χ0n) is 15.7. The molecule has 0 aromatic carbocycles. The molecule has 0 saturated heterocycles. The maximum Gasteiger partial charge on any atom is 0.272 e. The number of amides is 2. The van der Waals surface area contributed by atoms with Crippen LogP contribution in [0.25, 0.3) is 0 Å². The second-order valence-corrected chi connectivity index (χ2v) is 8.17. The highest BCUT2D eigenvalue weighted by atomic mass is 16.2. The van der Waals surface area contributed by atoms with Crippen molar-refractivity contribution in [1.82, 2.24) is 19.8 Å². The number of rotatable bonds is 3. The van der Waals surface area contributed by atoms with Crippen molar-refractivity contribution in [2.45, 2.75) is 76.9 Å². The van der Waals surface area contributed by atoms with Gasteiger partial charge < -0.3 is 14.8 Å². The smallest absolute Gasteiger partial charge is 0.272 e. The van der Waals surface area contributed by atoms with Gasteiger partial charge in [0.1, 0.15) is 5.41 Å². The molecule has 2 saturated carbocycles. The molecule has 144 valence electrons. The minimum absolute atomic E-state index is 0.0701. The van der Waals surface area contributed by atoms with Crippen LogP contribution in [0, 0.1) is 16.7 Å². The number of hydrogen-bond acceptors (Lipinski definition) is 4. The van der Waals surface area contributed by atoms with Crippen molar-refractivity contribution < 1.29 is 9.59 Å². The SMILES string of the molecule is N#CC1(C(=O)N2CCCn3cnc(C(=O)NC4CCCC4)c3C2)CCCC1. The second kappa shape index (κ2) is 7.34. The Morgan fingerprint density at radius 2 is 1.89 bits per heavy atom. The number of carbonyl (C=O) groups is 2. The molecule has 7 nitrogen and oxygen atoms in total. The van der Waals surface area contributed by atoms with Gasteiger partial charge in [0.15, 0.2) is 5.69 Å². The number of aryl methyl sites for hydroxylation is 1. The third-order valence-corrected chi connectivity index (χ3v) is 6.39. The molecule has 1 N–H and O–H groups in total. The summed E-state index contributed by atoms with van der Waals surface area (Å²) in [5.74, 6) is -0.208. The molecule has 2 fully saturated rings. The number of carbonyl (C=O) groups excluding carboxylic acids is 2. The van der Waals surface area contributed by atoms with E-state index in [0.717, 1.165) is 57.2 Å².